The summed E-state index contributed by atoms with van der Waals surface area (Å²) in [6.45, 7) is 1.71. The smallest absolute Gasteiger partial charge is 0.325 e. The lowest BCUT2D eigenvalue weighted by Gasteiger charge is -2.16. The lowest BCUT2D eigenvalue weighted by Crippen LogP contribution is -2.36. The Morgan fingerprint density at radius 1 is 1.30 bits per heavy atom. The predicted molar refractivity (Wildman–Crippen MR) is 81.6 cm³/mol. The molecule has 20 heavy (non-hydrogen) atoms. The fourth-order valence-electron chi connectivity index (χ4n) is 1.88. The van der Waals surface area contributed by atoms with Gasteiger partial charge in [0.2, 0.25) is 5.91 Å². The normalized spacial score (nSPS) is 11.5. The van der Waals surface area contributed by atoms with E-state index in [9.17, 15) is 9.59 Å². The number of hydrogen-bond acceptors (Lipinski definition) is 4. The van der Waals surface area contributed by atoms with E-state index < -0.39 is 5.97 Å². The fourth-order valence-corrected chi connectivity index (χ4v) is 2.08. The van der Waals surface area contributed by atoms with Crippen LogP contribution in [0.4, 0.5) is 0 Å². The van der Waals surface area contributed by atoms with Crippen LogP contribution in [0.2, 0.25) is 0 Å². The third-order valence-corrected chi connectivity index (χ3v) is 3.03. The van der Waals surface area contributed by atoms with Crippen LogP contribution in [-0.2, 0) is 20.7 Å². The van der Waals surface area contributed by atoms with Gasteiger partial charge in [-0.3, -0.25) is 9.59 Å². The molecule has 1 aromatic carbocycles. The molecule has 0 saturated heterocycles. The minimum atomic E-state index is -0.462. The molecule has 0 bridgehead atoms. The Kier molecular flexibility index (Phi) is 6.87. The number of hydrogen-bond donors (Lipinski definition) is 1. The van der Waals surface area contributed by atoms with Gasteiger partial charge >= 0.3 is 5.97 Å². The summed E-state index contributed by atoms with van der Waals surface area (Å²) >= 11 is 5.09. The topological polar surface area (TPSA) is 55.4 Å². The predicted octanol–water partition coefficient (Wildman–Crippen LogP) is 1.91. The van der Waals surface area contributed by atoms with E-state index in [4.69, 9.17) is 12.2 Å². The highest BCUT2D eigenvalue weighted by Gasteiger charge is 2.20. The van der Waals surface area contributed by atoms with E-state index in [1.807, 2.05) is 37.3 Å². The summed E-state index contributed by atoms with van der Waals surface area (Å²) in [5, 5.41) is 2.59. The number of rotatable bonds is 7. The number of thiocarbonyl (C=S) groups is 1. The zero-order valence-electron chi connectivity index (χ0n) is 11.7. The Bertz CT molecular complexity index is 473. The lowest BCUT2D eigenvalue weighted by molar-refractivity contribution is -0.141. The van der Waals surface area contributed by atoms with E-state index in [0.29, 0.717) is 12.8 Å². The maximum absolute atomic E-state index is 12.1. The summed E-state index contributed by atoms with van der Waals surface area (Å²) in [5.41, 5.74) is 1.07. The van der Waals surface area contributed by atoms with Crippen molar-refractivity contribution < 1.29 is 14.3 Å². The van der Waals surface area contributed by atoms with Crippen molar-refractivity contribution in [3.05, 3.63) is 35.9 Å². The van der Waals surface area contributed by atoms with Crippen molar-refractivity contribution >= 4 is 29.0 Å². The quantitative estimate of drug-likeness (QED) is 0.616. The van der Waals surface area contributed by atoms with E-state index in [1.54, 1.807) is 0 Å². The first-order valence-corrected chi connectivity index (χ1v) is 6.81. The second kappa shape index (κ2) is 8.43. The molecular weight excluding hydrogens is 274 g/mol. The summed E-state index contributed by atoms with van der Waals surface area (Å²) in [6, 6.07) is 9.74. The van der Waals surface area contributed by atoms with Crippen molar-refractivity contribution in [3.8, 4) is 0 Å². The maximum atomic E-state index is 12.1. The molecule has 1 amide bonds. The highest BCUT2D eigenvalue weighted by atomic mass is 32.1. The van der Waals surface area contributed by atoms with Crippen LogP contribution in [0.15, 0.2) is 30.3 Å². The van der Waals surface area contributed by atoms with Gasteiger partial charge < -0.3 is 10.1 Å². The third-order valence-electron chi connectivity index (χ3n) is 2.86. The first-order valence-electron chi connectivity index (χ1n) is 6.40. The van der Waals surface area contributed by atoms with Crippen LogP contribution in [-0.4, -0.2) is 30.4 Å². The molecule has 1 N–H and O–H groups in total. The summed E-state index contributed by atoms with van der Waals surface area (Å²) in [4.78, 5) is 24.0. The number of esters is 1. The van der Waals surface area contributed by atoms with Crippen molar-refractivity contribution in [2.24, 2.45) is 5.92 Å². The van der Waals surface area contributed by atoms with Gasteiger partial charge in [0.15, 0.2) is 0 Å². The Morgan fingerprint density at radius 3 is 2.50 bits per heavy atom. The summed E-state index contributed by atoms with van der Waals surface area (Å²) in [6.07, 6.45) is 1.12. The minimum Gasteiger partial charge on any atom is -0.468 e. The van der Waals surface area contributed by atoms with Gasteiger partial charge in [0.05, 0.1) is 7.11 Å². The highest BCUT2D eigenvalue weighted by molar-refractivity contribution is 7.80. The first-order chi connectivity index (χ1) is 9.52. The second-order valence-corrected chi connectivity index (χ2v) is 5.28. The van der Waals surface area contributed by atoms with E-state index in [2.05, 4.69) is 10.1 Å². The van der Waals surface area contributed by atoms with Crippen LogP contribution in [0.25, 0.3) is 0 Å². The van der Waals surface area contributed by atoms with Gasteiger partial charge in [-0.1, -0.05) is 42.5 Å². The van der Waals surface area contributed by atoms with Gasteiger partial charge in [-0.2, -0.15) is 0 Å². The first kappa shape index (κ1) is 16.3. The molecule has 1 atom stereocenters. The van der Waals surface area contributed by atoms with Crippen molar-refractivity contribution in [1.29, 1.82) is 0 Å². The molecular formula is C15H19NO3S. The van der Waals surface area contributed by atoms with Crippen molar-refractivity contribution in [2.75, 3.05) is 13.7 Å². The van der Waals surface area contributed by atoms with E-state index in [1.165, 1.54) is 7.11 Å². The number of nitrogens with one attached hydrogen (secondary N) is 1. The third kappa shape index (κ3) is 5.93. The molecule has 108 valence electrons. The van der Waals surface area contributed by atoms with Gasteiger partial charge in [0.1, 0.15) is 6.54 Å². The van der Waals surface area contributed by atoms with Crippen molar-refractivity contribution in [3.63, 3.8) is 0 Å². The molecule has 0 aliphatic heterocycles. The fraction of sp³-hybridized carbons (Fsp3) is 0.400. The molecule has 1 aromatic rings. The van der Waals surface area contributed by atoms with Crippen LogP contribution < -0.4 is 5.32 Å². The number of amides is 1. The van der Waals surface area contributed by atoms with Crippen molar-refractivity contribution in [1.82, 2.24) is 5.32 Å². The number of methoxy groups -OCH3 is 1. The van der Waals surface area contributed by atoms with Crippen LogP contribution in [0.3, 0.4) is 0 Å². The standard InChI is InChI=1S/C15H19NO3S/c1-11(20)8-13(9-12-6-4-3-5-7-12)15(18)16-10-14(17)19-2/h3-7,13H,8-10H2,1-2H3,(H,16,18). The van der Waals surface area contributed by atoms with Crippen LogP contribution in [0, 0.1) is 5.92 Å². The van der Waals surface area contributed by atoms with E-state index >= 15 is 0 Å². The number of carbonyl (C=O) groups excluding carboxylic acids is 2. The number of ether oxygens (including phenoxy) is 1. The molecule has 0 fully saturated rings. The molecule has 1 rings (SSSR count). The van der Waals surface area contributed by atoms with Crippen LogP contribution in [0.1, 0.15) is 18.9 Å². The Hall–Kier alpha value is -1.75. The Labute approximate surface area is 124 Å². The largest absolute Gasteiger partial charge is 0.468 e. The van der Waals surface area contributed by atoms with Crippen LogP contribution >= 0.6 is 12.2 Å². The molecule has 0 aromatic heterocycles. The molecule has 5 heteroatoms. The van der Waals surface area contributed by atoms with Gasteiger partial charge in [-0.05, 0) is 30.2 Å². The molecule has 0 spiro atoms. The molecule has 0 aliphatic rings. The van der Waals surface area contributed by atoms with Gasteiger partial charge in [0, 0.05) is 5.92 Å². The number of carbonyl (C=O) groups is 2. The summed E-state index contributed by atoms with van der Waals surface area (Å²) in [7, 11) is 1.29. The van der Waals surface area contributed by atoms with E-state index in [-0.39, 0.29) is 18.4 Å². The lowest BCUT2D eigenvalue weighted by atomic mass is 9.94. The molecule has 0 radical (unpaired) electrons. The Morgan fingerprint density at radius 2 is 1.95 bits per heavy atom. The van der Waals surface area contributed by atoms with Crippen LogP contribution in [0.5, 0.6) is 0 Å². The zero-order valence-corrected chi connectivity index (χ0v) is 12.5. The highest BCUT2D eigenvalue weighted by Crippen LogP contribution is 2.13. The molecule has 1 unspecified atom stereocenters. The SMILES string of the molecule is COC(=O)CNC(=O)C(CC(C)=S)Cc1ccccc1. The minimum absolute atomic E-state index is 0.114. The van der Waals surface area contributed by atoms with Gasteiger partial charge in [-0.15, -0.1) is 0 Å². The maximum Gasteiger partial charge on any atom is 0.325 e. The molecule has 4 nitrogen and oxygen atoms in total. The van der Waals surface area contributed by atoms with Gasteiger partial charge in [-0.25, -0.2) is 0 Å². The molecule has 0 saturated carbocycles. The average molecular weight is 293 g/mol. The van der Waals surface area contributed by atoms with Crippen molar-refractivity contribution in [2.45, 2.75) is 19.8 Å². The van der Waals surface area contributed by atoms with Gasteiger partial charge in [0.25, 0.3) is 0 Å². The monoisotopic (exact) mass is 293 g/mol. The zero-order chi connectivity index (χ0) is 15.0. The summed E-state index contributed by atoms with van der Waals surface area (Å²) in [5.74, 6) is -0.904. The molecule has 0 heterocycles. The Balaban J connectivity index is 2.66. The second-order valence-electron chi connectivity index (χ2n) is 4.59. The number of benzene rings is 1. The average Bonchev–Trinajstić information content (AvgIpc) is 2.44. The van der Waals surface area contributed by atoms with E-state index in [0.717, 1.165) is 10.4 Å². The molecule has 0 aliphatic carbocycles. The summed E-state index contributed by atoms with van der Waals surface area (Å²) < 4.78 is 4.50.